The number of aromatic nitrogens is 2. The SMILES string of the molecule is Cc1cc2nc(NC3CCN(C(=O)OC(C)(C)C)CC3)ncc2cc1B1OC(C)(C)C(C)(C)O1. The molecule has 2 saturated heterocycles. The third-order valence-electron chi connectivity index (χ3n) is 6.95. The predicted octanol–water partition coefficient (Wildman–Crippen LogP) is 4.05. The van der Waals surface area contributed by atoms with Crippen LogP contribution in [0.1, 0.15) is 66.9 Å². The molecule has 0 unspecified atom stereocenters. The van der Waals surface area contributed by atoms with Crippen LogP contribution in [0.25, 0.3) is 10.9 Å². The summed E-state index contributed by atoms with van der Waals surface area (Å²) in [6.45, 7) is 17.2. The number of hydrogen-bond donors (Lipinski definition) is 1. The van der Waals surface area contributed by atoms with E-state index in [-0.39, 0.29) is 23.3 Å². The average Bonchev–Trinajstić information content (AvgIpc) is 2.93. The van der Waals surface area contributed by atoms with E-state index in [9.17, 15) is 4.79 Å². The first kappa shape index (κ1) is 24.7. The fraction of sp³-hybridized carbons (Fsp3) is 0.640. The van der Waals surface area contributed by atoms with E-state index < -0.39 is 12.7 Å². The van der Waals surface area contributed by atoms with Gasteiger partial charge in [-0.1, -0.05) is 6.07 Å². The number of hydrogen-bond acceptors (Lipinski definition) is 7. The Balaban J connectivity index is 1.42. The molecule has 0 radical (unpaired) electrons. The van der Waals surface area contributed by atoms with Crippen LogP contribution in [0.2, 0.25) is 0 Å². The number of fused-ring (bicyclic) bond motifs is 1. The van der Waals surface area contributed by atoms with E-state index in [0.717, 1.165) is 34.8 Å². The highest BCUT2D eigenvalue weighted by Gasteiger charge is 2.52. The van der Waals surface area contributed by atoms with Gasteiger partial charge in [0, 0.05) is 30.7 Å². The summed E-state index contributed by atoms with van der Waals surface area (Å²) < 4.78 is 18.0. The van der Waals surface area contributed by atoms with Crippen LogP contribution in [0.15, 0.2) is 18.3 Å². The van der Waals surface area contributed by atoms with Gasteiger partial charge in [0.05, 0.1) is 16.7 Å². The van der Waals surface area contributed by atoms with E-state index in [0.29, 0.717) is 19.0 Å². The molecule has 1 aromatic heterocycles. The van der Waals surface area contributed by atoms with Gasteiger partial charge in [0.1, 0.15) is 5.60 Å². The number of carbonyl (C=O) groups excluding carboxylic acids is 1. The molecule has 1 N–H and O–H groups in total. The Bertz CT molecular complexity index is 1060. The minimum atomic E-state index is -0.481. The maximum absolute atomic E-state index is 12.3. The maximum Gasteiger partial charge on any atom is 0.495 e. The number of aryl methyl sites for hydroxylation is 1. The molecule has 0 saturated carbocycles. The van der Waals surface area contributed by atoms with Crippen molar-refractivity contribution in [2.24, 2.45) is 0 Å². The van der Waals surface area contributed by atoms with Crippen molar-refractivity contribution in [2.75, 3.05) is 18.4 Å². The predicted molar refractivity (Wildman–Crippen MR) is 134 cm³/mol. The minimum Gasteiger partial charge on any atom is -0.444 e. The molecule has 2 aliphatic rings. The third-order valence-corrected chi connectivity index (χ3v) is 6.95. The van der Waals surface area contributed by atoms with Gasteiger partial charge in [-0.25, -0.2) is 14.8 Å². The molecule has 2 aliphatic heterocycles. The van der Waals surface area contributed by atoms with Crippen molar-refractivity contribution < 1.29 is 18.8 Å². The molecule has 1 amide bonds. The lowest BCUT2D eigenvalue weighted by Gasteiger charge is -2.33. The van der Waals surface area contributed by atoms with Gasteiger partial charge in [-0.3, -0.25) is 0 Å². The van der Waals surface area contributed by atoms with Crippen LogP contribution in [0.5, 0.6) is 0 Å². The minimum absolute atomic E-state index is 0.209. The largest absolute Gasteiger partial charge is 0.495 e. The Kier molecular flexibility index (Phi) is 6.31. The van der Waals surface area contributed by atoms with Gasteiger partial charge in [-0.05, 0) is 85.3 Å². The number of anilines is 1. The summed E-state index contributed by atoms with van der Waals surface area (Å²) in [7, 11) is -0.414. The summed E-state index contributed by atoms with van der Waals surface area (Å²) in [6.07, 6.45) is 3.23. The van der Waals surface area contributed by atoms with Crippen LogP contribution in [0, 0.1) is 6.92 Å². The Morgan fingerprint density at radius 1 is 1.15 bits per heavy atom. The van der Waals surface area contributed by atoms with Crippen LogP contribution < -0.4 is 10.8 Å². The molecule has 2 fully saturated rings. The lowest BCUT2D eigenvalue weighted by Crippen LogP contribution is -2.44. The molecule has 4 rings (SSSR count). The molecule has 0 bridgehead atoms. The van der Waals surface area contributed by atoms with E-state index in [1.807, 2.05) is 27.0 Å². The molecule has 0 atom stereocenters. The Morgan fingerprint density at radius 3 is 2.35 bits per heavy atom. The van der Waals surface area contributed by atoms with Crippen LogP contribution in [-0.4, -0.2) is 64.0 Å². The zero-order valence-electron chi connectivity index (χ0n) is 21.7. The molecule has 9 heteroatoms. The molecule has 2 aromatic rings. The van der Waals surface area contributed by atoms with E-state index in [1.165, 1.54) is 0 Å². The number of piperidine rings is 1. The van der Waals surface area contributed by atoms with Gasteiger partial charge in [0.25, 0.3) is 0 Å². The standard InChI is InChI=1S/C25H37BN4O4/c1-16-13-20-17(14-19(16)26-33-24(5,6)25(7,8)34-26)15-27-21(29-20)28-18-9-11-30(12-10-18)22(31)32-23(2,3)4/h13-15,18H,9-12H2,1-8H3,(H,27,28,29). The van der Waals surface area contributed by atoms with Crippen molar-refractivity contribution in [2.45, 2.75) is 91.1 Å². The van der Waals surface area contributed by atoms with Crippen molar-refractivity contribution in [3.8, 4) is 0 Å². The monoisotopic (exact) mass is 468 g/mol. The quantitative estimate of drug-likeness (QED) is 0.681. The molecule has 0 aliphatic carbocycles. The molecular formula is C25H37BN4O4. The topological polar surface area (TPSA) is 85.8 Å². The molecule has 184 valence electrons. The fourth-order valence-corrected chi connectivity index (χ4v) is 4.21. The summed E-state index contributed by atoms with van der Waals surface area (Å²) in [5.41, 5.74) is 1.70. The zero-order chi connectivity index (χ0) is 24.9. The van der Waals surface area contributed by atoms with Gasteiger partial charge >= 0.3 is 13.2 Å². The highest BCUT2D eigenvalue weighted by molar-refractivity contribution is 6.63. The summed E-state index contributed by atoms with van der Waals surface area (Å²) in [4.78, 5) is 23.4. The van der Waals surface area contributed by atoms with Gasteiger partial charge in [0.2, 0.25) is 5.95 Å². The summed E-state index contributed by atoms with van der Waals surface area (Å²) in [5.74, 6) is 0.603. The van der Waals surface area contributed by atoms with E-state index >= 15 is 0 Å². The van der Waals surface area contributed by atoms with Crippen LogP contribution in [0.4, 0.5) is 10.7 Å². The van der Waals surface area contributed by atoms with Gasteiger partial charge in [0.15, 0.2) is 0 Å². The maximum atomic E-state index is 12.3. The summed E-state index contributed by atoms with van der Waals surface area (Å²) in [5, 5.41) is 4.39. The van der Waals surface area contributed by atoms with Crippen molar-refractivity contribution in [1.29, 1.82) is 0 Å². The number of benzene rings is 1. The second-order valence-corrected chi connectivity index (χ2v) is 11.4. The number of ether oxygens (including phenoxy) is 1. The van der Waals surface area contributed by atoms with Crippen LogP contribution in [-0.2, 0) is 14.0 Å². The lowest BCUT2D eigenvalue weighted by molar-refractivity contribution is 0.00578. The van der Waals surface area contributed by atoms with Crippen LogP contribution >= 0.6 is 0 Å². The summed E-state index contributed by atoms with van der Waals surface area (Å²) in [6, 6.07) is 4.34. The third kappa shape index (κ3) is 5.15. The Morgan fingerprint density at radius 2 is 1.76 bits per heavy atom. The number of rotatable bonds is 3. The fourth-order valence-electron chi connectivity index (χ4n) is 4.21. The first-order chi connectivity index (χ1) is 15.7. The number of nitrogens with one attached hydrogen (secondary N) is 1. The molecule has 1 aromatic carbocycles. The second kappa shape index (κ2) is 8.68. The number of carbonyl (C=O) groups is 1. The first-order valence-corrected chi connectivity index (χ1v) is 12.1. The molecule has 0 spiro atoms. The van der Waals surface area contributed by atoms with Crippen molar-refractivity contribution in [1.82, 2.24) is 14.9 Å². The van der Waals surface area contributed by atoms with Crippen molar-refractivity contribution >= 4 is 35.5 Å². The van der Waals surface area contributed by atoms with E-state index in [1.54, 1.807) is 4.90 Å². The van der Waals surface area contributed by atoms with E-state index in [4.69, 9.17) is 19.0 Å². The first-order valence-electron chi connectivity index (χ1n) is 12.1. The lowest BCUT2D eigenvalue weighted by atomic mass is 9.75. The smallest absolute Gasteiger partial charge is 0.444 e. The van der Waals surface area contributed by atoms with Crippen molar-refractivity contribution in [3.63, 3.8) is 0 Å². The van der Waals surface area contributed by atoms with Crippen LogP contribution in [0.3, 0.4) is 0 Å². The van der Waals surface area contributed by atoms with Crippen molar-refractivity contribution in [3.05, 3.63) is 23.9 Å². The highest BCUT2D eigenvalue weighted by atomic mass is 16.7. The van der Waals surface area contributed by atoms with Gasteiger partial charge in [-0.15, -0.1) is 0 Å². The normalized spacial score (nSPS) is 20.6. The molecular weight excluding hydrogens is 431 g/mol. The Labute approximate surface area is 202 Å². The van der Waals surface area contributed by atoms with Gasteiger partial charge < -0.3 is 24.3 Å². The summed E-state index contributed by atoms with van der Waals surface area (Å²) >= 11 is 0. The van der Waals surface area contributed by atoms with E-state index in [2.05, 4.69) is 57.1 Å². The number of amides is 1. The second-order valence-electron chi connectivity index (χ2n) is 11.4. The highest BCUT2D eigenvalue weighted by Crippen LogP contribution is 2.37. The molecule has 34 heavy (non-hydrogen) atoms. The molecule has 8 nitrogen and oxygen atoms in total. The zero-order valence-corrected chi connectivity index (χ0v) is 21.7. The average molecular weight is 468 g/mol. The number of likely N-dealkylation sites (tertiary alicyclic amines) is 1. The number of nitrogens with zero attached hydrogens (tertiary/aromatic N) is 3. The Hall–Kier alpha value is -2.39. The molecule has 3 heterocycles. The van der Waals surface area contributed by atoms with Gasteiger partial charge in [-0.2, -0.15) is 0 Å².